The van der Waals surface area contributed by atoms with Gasteiger partial charge in [0.05, 0.1) is 11.8 Å². The van der Waals surface area contributed by atoms with E-state index in [9.17, 15) is 5.11 Å². The minimum atomic E-state index is -0.327. The van der Waals surface area contributed by atoms with Crippen molar-refractivity contribution >= 4 is 0 Å². The Morgan fingerprint density at radius 3 is 2.88 bits per heavy atom. The molecule has 4 heteroatoms. The fourth-order valence-electron chi connectivity index (χ4n) is 1.71. The van der Waals surface area contributed by atoms with E-state index in [2.05, 4.69) is 16.5 Å². The molecular weight excluding hydrogens is 214 g/mol. The van der Waals surface area contributed by atoms with E-state index in [0.717, 1.165) is 17.8 Å². The van der Waals surface area contributed by atoms with Crippen molar-refractivity contribution in [3.63, 3.8) is 0 Å². The van der Waals surface area contributed by atoms with E-state index in [1.807, 2.05) is 35.1 Å². The van der Waals surface area contributed by atoms with Gasteiger partial charge in [0, 0.05) is 25.5 Å². The van der Waals surface area contributed by atoms with Crippen molar-refractivity contribution in [1.82, 2.24) is 15.1 Å². The Morgan fingerprint density at radius 2 is 2.18 bits per heavy atom. The minimum absolute atomic E-state index is 0.327. The van der Waals surface area contributed by atoms with Crippen LogP contribution in [0.15, 0.2) is 42.7 Å². The lowest BCUT2D eigenvalue weighted by atomic mass is 10.1. The summed E-state index contributed by atoms with van der Waals surface area (Å²) in [6, 6.07) is 10.0. The lowest BCUT2D eigenvalue weighted by Crippen LogP contribution is -2.24. The highest BCUT2D eigenvalue weighted by Crippen LogP contribution is 2.12. The number of nitrogens with one attached hydrogen (secondary N) is 1. The van der Waals surface area contributed by atoms with Crippen LogP contribution in [-0.2, 0) is 6.54 Å². The van der Waals surface area contributed by atoms with Gasteiger partial charge in [-0.3, -0.25) is 0 Å². The van der Waals surface area contributed by atoms with Gasteiger partial charge < -0.3 is 10.4 Å². The molecule has 2 aromatic rings. The van der Waals surface area contributed by atoms with E-state index < -0.39 is 0 Å². The lowest BCUT2D eigenvalue weighted by Gasteiger charge is -2.11. The molecule has 0 aliphatic carbocycles. The van der Waals surface area contributed by atoms with Crippen LogP contribution in [0.2, 0.25) is 0 Å². The first-order valence-electron chi connectivity index (χ1n) is 5.74. The number of aromatic nitrogens is 2. The van der Waals surface area contributed by atoms with Crippen molar-refractivity contribution in [2.45, 2.75) is 19.6 Å². The Hall–Kier alpha value is -1.65. The fraction of sp³-hybridized carbons (Fsp3) is 0.308. The molecule has 1 heterocycles. The van der Waals surface area contributed by atoms with Crippen LogP contribution in [0.3, 0.4) is 0 Å². The van der Waals surface area contributed by atoms with Gasteiger partial charge in [-0.2, -0.15) is 5.10 Å². The van der Waals surface area contributed by atoms with Gasteiger partial charge in [0.15, 0.2) is 0 Å². The van der Waals surface area contributed by atoms with E-state index >= 15 is 0 Å². The summed E-state index contributed by atoms with van der Waals surface area (Å²) in [5.41, 5.74) is 2.23. The van der Waals surface area contributed by atoms with Gasteiger partial charge in [-0.15, -0.1) is 0 Å². The third-order valence-corrected chi connectivity index (χ3v) is 2.50. The summed E-state index contributed by atoms with van der Waals surface area (Å²) in [6.07, 6.45) is 3.36. The van der Waals surface area contributed by atoms with Crippen molar-refractivity contribution < 1.29 is 5.11 Å². The number of benzene rings is 1. The Bertz CT molecular complexity index is 451. The Labute approximate surface area is 101 Å². The van der Waals surface area contributed by atoms with Gasteiger partial charge in [0.25, 0.3) is 0 Å². The van der Waals surface area contributed by atoms with Crippen molar-refractivity contribution in [3.8, 4) is 5.69 Å². The first kappa shape index (κ1) is 11.8. The van der Waals surface area contributed by atoms with Gasteiger partial charge in [0.1, 0.15) is 0 Å². The molecule has 4 nitrogen and oxygen atoms in total. The summed E-state index contributed by atoms with van der Waals surface area (Å²) in [6.45, 7) is 3.08. The van der Waals surface area contributed by atoms with Crippen molar-refractivity contribution in [1.29, 1.82) is 0 Å². The molecule has 1 aromatic heterocycles. The van der Waals surface area contributed by atoms with Crippen LogP contribution >= 0.6 is 0 Å². The summed E-state index contributed by atoms with van der Waals surface area (Å²) < 4.78 is 1.85. The molecule has 0 bridgehead atoms. The first-order chi connectivity index (χ1) is 8.27. The molecule has 0 amide bonds. The third kappa shape index (κ3) is 3.15. The molecule has 0 aliphatic rings. The van der Waals surface area contributed by atoms with E-state index in [0.29, 0.717) is 6.54 Å². The number of rotatable bonds is 5. The summed E-state index contributed by atoms with van der Waals surface area (Å²) in [5, 5.41) is 16.6. The van der Waals surface area contributed by atoms with Crippen LogP contribution < -0.4 is 5.32 Å². The molecule has 90 valence electrons. The second kappa shape index (κ2) is 5.61. The van der Waals surface area contributed by atoms with Crippen molar-refractivity contribution in [3.05, 3.63) is 48.3 Å². The molecule has 0 radical (unpaired) electrons. The maximum Gasteiger partial charge on any atom is 0.0690 e. The zero-order valence-electron chi connectivity index (χ0n) is 9.87. The molecule has 1 unspecified atom stereocenters. The van der Waals surface area contributed by atoms with Crippen LogP contribution in [0.1, 0.15) is 12.5 Å². The van der Waals surface area contributed by atoms with Crippen LogP contribution in [0.25, 0.3) is 5.69 Å². The highest BCUT2D eigenvalue weighted by molar-refractivity contribution is 5.40. The lowest BCUT2D eigenvalue weighted by molar-refractivity contribution is 0.191. The molecule has 1 atom stereocenters. The standard InChI is InChI=1S/C13H17N3O/c1-11(17)9-14-10-12-5-2-3-6-13(12)16-8-4-7-15-16/h2-8,11,14,17H,9-10H2,1H3. The number of para-hydroxylation sites is 1. The van der Waals surface area contributed by atoms with Crippen LogP contribution in [0.4, 0.5) is 0 Å². The highest BCUT2D eigenvalue weighted by Gasteiger charge is 2.04. The SMILES string of the molecule is CC(O)CNCc1ccccc1-n1cccn1. The smallest absolute Gasteiger partial charge is 0.0690 e. The number of aliphatic hydroxyl groups is 1. The molecule has 0 spiro atoms. The van der Waals surface area contributed by atoms with E-state index in [-0.39, 0.29) is 6.10 Å². The Balaban J connectivity index is 2.11. The van der Waals surface area contributed by atoms with Crippen LogP contribution in [0.5, 0.6) is 0 Å². The number of hydrogen-bond donors (Lipinski definition) is 2. The van der Waals surface area contributed by atoms with E-state index in [4.69, 9.17) is 0 Å². The summed E-state index contributed by atoms with van der Waals surface area (Å²) >= 11 is 0. The molecule has 0 fully saturated rings. The van der Waals surface area contributed by atoms with Gasteiger partial charge in [-0.1, -0.05) is 18.2 Å². The predicted octanol–water partition coefficient (Wildman–Crippen LogP) is 1.34. The third-order valence-electron chi connectivity index (χ3n) is 2.50. The molecular formula is C13H17N3O. The molecule has 2 N–H and O–H groups in total. The van der Waals surface area contributed by atoms with Crippen molar-refractivity contribution in [2.75, 3.05) is 6.54 Å². The largest absolute Gasteiger partial charge is 0.392 e. The monoisotopic (exact) mass is 231 g/mol. The summed E-state index contributed by atoms with van der Waals surface area (Å²) in [5.74, 6) is 0. The second-order valence-corrected chi connectivity index (χ2v) is 4.06. The zero-order chi connectivity index (χ0) is 12.1. The quantitative estimate of drug-likeness (QED) is 0.816. The summed E-state index contributed by atoms with van der Waals surface area (Å²) in [4.78, 5) is 0. The van der Waals surface area contributed by atoms with Gasteiger partial charge in [-0.25, -0.2) is 4.68 Å². The molecule has 0 aliphatic heterocycles. The molecule has 0 saturated carbocycles. The summed E-state index contributed by atoms with van der Waals surface area (Å²) in [7, 11) is 0. The average molecular weight is 231 g/mol. The minimum Gasteiger partial charge on any atom is -0.392 e. The fourth-order valence-corrected chi connectivity index (χ4v) is 1.71. The number of hydrogen-bond acceptors (Lipinski definition) is 3. The van der Waals surface area contributed by atoms with Crippen LogP contribution in [-0.4, -0.2) is 27.5 Å². The van der Waals surface area contributed by atoms with Gasteiger partial charge in [-0.05, 0) is 24.6 Å². The van der Waals surface area contributed by atoms with E-state index in [1.54, 1.807) is 13.1 Å². The van der Waals surface area contributed by atoms with Crippen molar-refractivity contribution in [2.24, 2.45) is 0 Å². The zero-order valence-corrected chi connectivity index (χ0v) is 9.87. The van der Waals surface area contributed by atoms with Gasteiger partial charge >= 0.3 is 0 Å². The number of nitrogens with zero attached hydrogens (tertiary/aromatic N) is 2. The first-order valence-corrected chi connectivity index (χ1v) is 5.74. The predicted molar refractivity (Wildman–Crippen MR) is 67.0 cm³/mol. The Kier molecular flexibility index (Phi) is 3.90. The second-order valence-electron chi connectivity index (χ2n) is 4.06. The van der Waals surface area contributed by atoms with E-state index in [1.165, 1.54) is 0 Å². The maximum atomic E-state index is 9.20. The molecule has 17 heavy (non-hydrogen) atoms. The van der Waals surface area contributed by atoms with Gasteiger partial charge in [0.2, 0.25) is 0 Å². The average Bonchev–Trinajstić information content (AvgIpc) is 2.82. The topological polar surface area (TPSA) is 50.1 Å². The molecule has 2 rings (SSSR count). The van der Waals surface area contributed by atoms with Crippen LogP contribution in [0, 0.1) is 0 Å². The Morgan fingerprint density at radius 1 is 1.35 bits per heavy atom. The number of aliphatic hydroxyl groups excluding tert-OH is 1. The maximum absolute atomic E-state index is 9.20. The molecule has 1 aromatic carbocycles. The highest BCUT2D eigenvalue weighted by atomic mass is 16.3. The molecule has 0 saturated heterocycles. The normalized spacial score (nSPS) is 12.6.